The van der Waals surface area contributed by atoms with Crippen LogP contribution >= 0.6 is 11.3 Å². The average Bonchev–Trinajstić information content (AvgIpc) is 2.97. The summed E-state index contributed by atoms with van der Waals surface area (Å²) in [7, 11) is 0. The summed E-state index contributed by atoms with van der Waals surface area (Å²) in [5, 5.41) is 17.5. The predicted octanol–water partition coefficient (Wildman–Crippen LogP) is 1.75. The number of aliphatic carboxylic acids is 1. The monoisotopic (exact) mass is 267 g/mol. The minimum atomic E-state index is -1.02. The van der Waals surface area contributed by atoms with E-state index in [1.54, 1.807) is 13.8 Å². The van der Waals surface area contributed by atoms with Crippen LogP contribution in [0.25, 0.3) is 10.8 Å². The zero-order chi connectivity index (χ0) is 13.2. The van der Waals surface area contributed by atoms with Crippen LogP contribution < -0.4 is 5.32 Å². The van der Waals surface area contributed by atoms with Crippen molar-refractivity contribution in [2.45, 2.75) is 25.9 Å². The molecule has 6 nitrogen and oxygen atoms in total. The van der Waals surface area contributed by atoms with Gasteiger partial charge in [-0.25, -0.2) is 0 Å². The molecular formula is C11H13N3O3S. The fraction of sp³-hybridized carbons (Fsp3) is 0.364. The number of aromatic nitrogens is 2. The van der Waals surface area contributed by atoms with Gasteiger partial charge < -0.3 is 9.63 Å². The number of carboxylic acid groups (broad SMARTS) is 1. The molecule has 0 atom stereocenters. The van der Waals surface area contributed by atoms with Gasteiger partial charge >= 0.3 is 5.97 Å². The molecule has 2 aromatic rings. The lowest BCUT2D eigenvalue weighted by Gasteiger charge is -2.19. The van der Waals surface area contributed by atoms with Gasteiger partial charge in [0.05, 0.1) is 11.4 Å². The number of nitrogens with zero attached hydrogens (tertiary/aromatic N) is 2. The number of thiophene rings is 1. The Balaban J connectivity index is 2.02. The van der Waals surface area contributed by atoms with E-state index in [2.05, 4.69) is 15.5 Å². The fourth-order valence-corrected chi connectivity index (χ4v) is 1.85. The minimum Gasteiger partial charge on any atom is -0.480 e. The molecule has 2 aromatic heterocycles. The highest BCUT2D eigenvalue weighted by molar-refractivity contribution is 7.13. The van der Waals surface area contributed by atoms with Gasteiger partial charge in [-0.3, -0.25) is 10.1 Å². The molecule has 7 heteroatoms. The van der Waals surface area contributed by atoms with Crippen LogP contribution in [0.2, 0.25) is 0 Å². The molecule has 18 heavy (non-hydrogen) atoms. The highest BCUT2D eigenvalue weighted by Gasteiger charge is 2.26. The first kappa shape index (κ1) is 12.7. The lowest BCUT2D eigenvalue weighted by Crippen LogP contribution is -2.46. The third-order valence-electron chi connectivity index (χ3n) is 2.42. The van der Waals surface area contributed by atoms with Crippen molar-refractivity contribution >= 4 is 17.3 Å². The highest BCUT2D eigenvalue weighted by Crippen LogP contribution is 2.22. The fourth-order valence-electron chi connectivity index (χ4n) is 1.20. The van der Waals surface area contributed by atoms with E-state index < -0.39 is 11.5 Å². The molecule has 0 saturated heterocycles. The second kappa shape index (κ2) is 4.87. The van der Waals surface area contributed by atoms with Crippen molar-refractivity contribution in [1.29, 1.82) is 0 Å². The maximum Gasteiger partial charge on any atom is 0.323 e. The Morgan fingerprint density at radius 1 is 1.61 bits per heavy atom. The minimum absolute atomic E-state index is 0.244. The number of nitrogens with one attached hydrogen (secondary N) is 1. The summed E-state index contributed by atoms with van der Waals surface area (Å²) in [6.07, 6.45) is 0. The van der Waals surface area contributed by atoms with Gasteiger partial charge in [-0.1, -0.05) is 11.2 Å². The van der Waals surface area contributed by atoms with E-state index in [0.29, 0.717) is 11.7 Å². The Labute approximate surface area is 108 Å². The molecule has 0 aromatic carbocycles. The van der Waals surface area contributed by atoms with Crippen LogP contribution in [-0.4, -0.2) is 26.8 Å². The van der Waals surface area contributed by atoms with E-state index in [0.717, 1.165) is 4.88 Å². The molecule has 0 bridgehead atoms. The maximum absolute atomic E-state index is 10.9. The molecule has 0 aliphatic carbocycles. The van der Waals surface area contributed by atoms with Gasteiger partial charge in [-0.05, 0) is 25.3 Å². The molecule has 2 rings (SSSR count). The normalized spacial score (nSPS) is 11.7. The third-order valence-corrected chi connectivity index (χ3v) is 3.28. The first-order valence-electron chi connectivity index (χ1n) is 5.34. The van der Waals surface area contributed by atoms with Crippen LogP contribution in [0.1, 0.15) is 19.7 Å². The van der Waals surface area contributed by atoms with Crippen LogP contribution in [-0.2, 0) is 11.3 Å². The summed E-state index contributed by atoms with van der Waals surface area (Å²) in [6.45, 7) is 3.40. The topological polar surface area (TPSA) is 88.3 Å². The summed E-state index contributed by atoms with van der Waals surface area (Å²) in [4.78, 5) is 16.0. The molecule has 0 amide bonds. The first-order chi connectivity index (χ1) is 8.49. The van der Waals surface area contributed by atoms with Crippen molar-refractivity contribution in [2.24, 2.45) is 0 Å². The lowest BCUT2D eigenvalue weighted by molar-refractivity contribution is -0.143. The van der Waals surface area contributed by atoms with E-state index in [9.17, 15) is 4.79 Å². The van der Waals surface area contributed by atoms with Crippen LogP contribution in [0.5, 0.6) is 0 Å². The van der Waals surface area contributed by atoms with Gasteiger partial charge in [-0.15, -0.1) is 11.3 Å². The van der Waals surface area contributed by atoms with Crippen LogP contribution in [0.3, 0.4) is 0 Å². The second-order valence-corrected chi connectivity index (χ2v) is 5.22. The zero-order valence-corrected chi connectivity index (χ0v) is 10.8. The number of hydrogen-bond donors (Lipinski definition) is 2. The molecule has 0 unspecified atom stereocenters. The SMILES string of the molecule is CC(C)(NCc1noc(-c2cccs2)n1)C(=O)O. The summed E-state index contributed by atoms with van der Waals surface area (Å²) in [5.74, 6) is -0.0351. The lowest BCUT2D eigenvalue weighted by atomic mass is 10.1. The number of rotatable bonds is 5. The largest absolute Gasteiger partial charge is 0.480 e. The van der Waals surface area contributed by atoms with Crippen molar-refractivity contribution in [3.05, 3.63) is 23.3 Å². The van der Waals surface area contributed by atoms with E-state index >= 15 is 0 Å². The molecule has 96 valence electrons. The van der Waals surface area contributed by atoms with Crippen LogP contribution in [0.4, 0.5) is 0 Å². The molecule has 2 heterocycles. The Morgan fingerprint density at radius 2 is 2.39 bits per heavy atom. The Hall–Kier alpha value is -1.73. The molecule has 0 saturated carbocycles. The van der Waals surface area contributed by atoms with Crippen molar-refractivity contribution in [3.63, 3.8) is 0 Å². The first-order valence-corrected chi connectivity index (χ1v) is 6.22. The van der Waals surface area contributed by atoms with Gasteiger partial charge in [0.15, 0.2) is 5.82 Å². The van der Waals surface area contributed by atoms with Crippen molar-refractivity contribution in [1.82, 2.24) is 15.5 Å². The standard InChI is InChI=1S/C11H13N3O3S/c1-11(2,10(15)16)12-6-8-13-9(17-14-8)7-4-3-5-18-7/h3-5,12H,6H2,1-2H3,(H,15,16). The van der Waals surface area contributed by atoms with Gasteiger partial charge in [0.1, 0.15) is 5.54 Å². The van der Waals surface area contributed by atoms with E-state index in [-0.39, 0.29) is 6.54 Å². The number of carboxylic acids is 1. The smallest absolute Gasteiger partial charge is 0.323 e. The van der Waals surface area contributed by atoms with Gasteiger partial charge in [0.25, 0.3) is 5.89 Å². The molecule has 2 N–H and O–H groups in total. The Bertz CT molecular complexity index is 533. The summed E-state index contributed by atoms with van der Waals surface area (Å²) in [6, 6.07) is 3.78. The van der Waals surface area contributed by atoms with Gasteiger partial charge in [0, 0.05) is 0 Å². The molecule has 0 spiro atoms. The summed E-state index contributed by atoms with van der Waals surface area (Å²) in [5.41, 5.74) is -1.02. The maximum atomic E-state index is 10.9. The van der Waals surface area contributed by atoms with Crippen molar-refractivity contribution in [2.75, 3.05) is 0 Å². The van der Waals surface area contributed by atoms with Crippen molar-refractivity contribution < 1.29 is 14.4 Å². The van der Waals surface area contributed by atoms with Crippen LogP contribution in [0, 0.1) is 0 Å². The third kappa shape index (κ3) is 2.74. The number of hydrogen-bond acceptors (Lipinski definition) is 6. The molecule has 0 aliphatic rings. The summed E-state index contributed by atoms with van der Waals surface area (Å²) >= 11 is 1.51. The Kier molecular flexibility index (Phi) is 3.44. The highest BCUT2D eigenvalue weighted by atomic mass is 32.1. The molecule has 0 radical (unpaired) electrons. The summed E-state index contributed by atoms with van der Waals surface area (Å²) < 4.78 is 5.10. The van der Waals surface area contributed by atoms with Gasteiger partial charge in [-0.2, -0.15) is 4.98 Å². The zero-order valence-electron chi connectivity index (χ0n) is 10.0. The quantitative estimate of drug-likeness (QED) is 0.858. The second-order valence-electron chi connectivity index (χ2n) is 4.28. The van der Waals surface area contributed by atoms with Crippen LogP contribution in [0.15, 0.2) is 22.0 Å². The van der Waals surface area contributed by atoms with E-state index in [1.807, 2.05) is 17.5 Å². The molecule has 0 aliphatic heterocycles. The Morgan fingerprint density at radius 3 is 3.00 bits per heavy atom. The van der Waals surface area contributed by atoms with E-state index in [1.165, 1.54) is 11.3 Å². The predicted molar refractivity (Wildman–Crippen MR) is 66.2 cm³/mol. The number of carbonyl (C=O) groups is 1. The molecular weight excluding hydrogens is 254 g/mol. The van der Waals surface area contributed by atoms with Gasteiger partial charge in [0.2, 0.25) is 0 Å². The van der Waals surface area contributed by atoms with Crippen molar-refractivity contribution in [3.8, 4) is 10.8 Å². The molecule has 0 fully saturated rings. The van der Waals surface area contributed by atoms with E-state index in [4.69, 9.17) is 9.63 Å². The average molecular weight is 267 g/mol.